The molecule has 2 atom stereocenters. The highest BCUT2D eigenvalue weighted by Crippen LogP contribution is 2.41. The maximum absolute atomic E-state index is 12.5. The second-order valence-corrected chi connectivity index (χ2v) is 9.01. The lowest BCUT2D eigenvalue weighted by Crippen LogP contribution is -2.43. The minimum Gasteiger partial charge on any atom is -0.378 e. The molecule has 0 saturated heterocycles. The molecule has 4 rings (SSSR count). The first-order valence-corrected chi connectivity index (χ1v) is 11.8. The number of nitrogens with one attached hydrogen (secondary N) is 2. The van der Waals surface area contributed by atoms with Crippen LogP contribution in [-0.2, 0) is 4.79 Å². The minimum absolute atomic E-state index is 0.0271. The molecule has 0 fully saturated rings. The fourth-order valence-electron chi connectivity index (χ4n) is 4.51. The van der Waals surface area contributed by atoms with E-state index in [0.717, 1.165) is 34.5 Å². The lowest BCUT2D eigenvalue weighted by Gasteiger charge is -2.39. The van der Waals surface area contributed by atoms with E-state index in [-0.39, 0.29) is 23.9 Å². The van der Waals surface area contributed by atoms with Crippen LogP contribution in [0.25, 0.3) is 11.1 Å². The van der Waals surface area contributed by atoms with Crippen LogP contribution in [-0.4, -0.2) is 30.9 Å². The highest BCUT2D eigenvalue weighted by molar-refractivity contribution is 6.30. The monoisotopic (exact) mass is 476 g/mol. The Labute approximate surface area is 205 Å². The van der Waals surface area contributed by atoms with Crippen LogP contribution >= 0.6 is 11.6 Å². The smallest absolute Gasteiger partial charge is 0.251 e. The normalized spacial score (nSPS) is 17.1. The Bertz CT molecular complexity index is 1180. The maximum atomic E-state index is 12.5. The summed E-state index contributed by atoms with van der Waals surface area (Å²) in [5, 5.41) is 7.09. The van der Waals surface area contributed by atoms with Gasteiger partial charge in [-0.1, -0.05) is 29.8 Å². The van der Waals surface area contributed by atoms with Crippen LogP contribution in [0.1, 0.15) is 42.2 Å². The molecule has 3 aromatic carbocycles. The zero-order valence-corrected chi connectivity index (χ0v) is 20.1. The summed E-state index contributed by atoms with van der Waals surface area (Å²) in [6.45, 7) is 4.53. The third-order valence-electron chi connectivity index (χ3n) is 6.11. The first kappa shape index (κ1) is 23.8. The van der Waals surface area contributed by atoms with Crippen molar-refractivity contribution in [2.24, 2.45) is 5.73 Å². The highest BCUT2D eigenvalue weighted by Gasteiger charge is 2.32. The number of anilines is 2. The van der Waals surface area contributed by atoms with Gasteiger partial charge in [0.1, 0.15) is 0 Å². The van der Waals surface area contributed by atoms with Crippen LogP contribution < -0.4 is 21.3 Å². The van der Waals surface area contributed by atoms with Gasteiger partial charge in [0.25, 0.3) is 5.91 Å². The zero-order chi connectivity index (χ0) is 24.2. The summed E-state index contributed by atoms with van der Waals surface area (Å²) < 4.78 is 0. The Morgan fingerprint density at radius 1 is 1.03 bits per heavy atom. The number of rotatable bonds is 6. The second-order valence-electron chi connectivity index (χ2n) is 8.57. The van der Waals surface area contributed by atoms with Gasteiger partial charge in [0.2, 0.25) is 5.91 Å². The van der Waals surface area contributed by atoms with Crippen molar-refractivity contribution in [3.05, 3.63) is 82.9 Å². The van der Waals surface area contributed by atoms with E-state index in [1.165, 1.54) is 0 Å². The largest absolute Gasteiger partial charge is 0.378 e. The fraction of sp³-hybridized carbons (Fsp3) is 0.259. The lowest BCUT2D eigenvalue weighted by molar-refractivity contribution is -0.117. The van der Waals surface area contributed by atoms with Gasteiger partial charge in [0.05, 0.1) is 6.04 Å². The molecule has 0 saturated carbocycles. The van der Waals surface area contributed by atoms with Crippen molar-refractivity contribution < 1.29 is 9.59 Å². The summed E-state index contributed by atoms with van der Waals surface area (Å²) >= 11 is 6.05. The predicted octanol–water partition coefficient (Wildman–Crippen LogP) is 4.99. The van der Waals surface area contributed by atoms with Gasteiger partial charge in [-0.25, -0.2) is 0 Å². The number of nitrogens with zero attached hydrogens (tertiary/aromatic N) is 1. The van der Waals surface area contributed by atoms with Crippen molar-refractivity contribution >= 4 is 34.8 Å². The molecule has 0 bridgehead atoms. The lowest BCUT2D eigenvalue weighted by atomic mass is 9.88. The van der Waals surface area contributed by atoms with Gasteiger partial charge in [-0.2, -0.15) is 0 Å². The van der Waals surface area contributed by atoms with E-state index in [1.807, 2.05) is 65.6 Å². The van der Waals surface area contributed by atoms with Gasteiger partial charge in [0, 0.05) is 48.0 Å². The highest BCUT2D eigenvalue weighted by atomic mass is 35.5. The molecule has 0 spiro atoms. The summed E-state index contributed by atoms with van der Waals surface area (Å²) in [6.07, 6.45) is 0.777. The topological polar surface area (TPSA) is 87.5 Å². The van der Waals surface area contributed by atoms with Gasteiger partial charge in [-0.3, -0.25) is 9.59 Å². The van der Waals surface area contributed by atoms with E-state index >= 15 is 0 Å². The van der Waals surface area contributed by atoms with Crippen molar-refractivity contribution in [3.8, 4) is 11.1 Å². The molecule has 6 nitrogen and oxygen atoms in total. The maximum Gasteiger partial charge on any atom is 0.251 e. The molecule has 3 aromatic rings. The molecular formula is C27H29ClN4O2. The number of fused-ring (bicyclic) bond motifs is 1. The molecule has 2 unspecified atom stereocenters. The van der Waals surface area contributed by atoms with Crippen LogP contribution in [0.15, 0.2) is 66.7 Å². The van der Waals surface area contributed by atoms with E-state index < -0.39 is 0 Å². The number of hydrogen-bond donors (Lipinski definition) is 3. The number of benzene rings is 3. The molecular weight excluding hydrogens is 448 g/mol. The first-order chi connectivity index (χ1) is 16.4. The van der Waals surface area contributed by atoms with Crippen molar-refractivity contribution in [3.63, 3.8) is 0 Å². The number of carbonyl (C=O) groups is 2. The van der Waals surface area contributed by atoms with Crippen LogP contribution in [0.2, 0.25) is 5.02 Å². The Kier molecular flexibility index (Phi) is 7.20. The average molecular weight is 477 g/mol. The van der Waals surface area contributed by atoms with Crippen LogP contribution in [0.4, 0.5) is 11.4 Å². The van der Waals surface area contributed by atoms with E-state index in [0.29, 0.717) is 23.7 Å². The summed E-state index contributed by atoms with van der Waals surface area (Å²) in [7, 11) is 0. The molecule has 0 radical (unpaired) electrons. The molecule has 1 aliphatic heterocycles. The zero-order valence-electron chi connectivity index (χ0n) is 19.3. The number of hydrogen-bond acceptors (Lipinski definition) is 4. The SMILES string of the molecule is CC(=O)N1c2ccc(-c3ccc(C(=O)NCCN)cc3)cc2C(Nc2ccc(Cl)cc2)CC1C. The van der Waals surface area contributed by atoms with Crippen LogP contribution in [0.5, 0.6) is 0 Å². The van der Waals surface area contributed by atoms with Gasteiger partial charge < -0.3 is 21.3 Å². The van der Waals surface area contributed by atoms with Gasteiger partial charge in [-0.15, -0.1) is 0 Å². The average Bonchev–Trinajstić information content (AvgIpc) is 2.83. The summed E-state index contributed by atoms with van der Waals surface area (Å²) in [6, 6.07) is 21.4. The Balaban J connectivity index is 1.67. The molecule has 1 heterocycles. The van der Waals surface area contributed by atoms with Crippen molar-refractivity contribution in [1.29, 1.82) is 0 Å². The quantitative estimate of drug-likeness (QED) is 0.467. The number of amides is 2. The fourth-order valence-corrected chi connectivity index (χ4v) is 4.64. The minimum atomic E-state index is -0.138. The van der Waals surface area contributed by atoms with Crippen molar-refractivity contribution in [1.82, 2.24) is 5.32 Å². The van der Waals surface area contributed by atoms with Gasteiger partial charge in [0.15, 0.2) is 0 Å². The number of carbonyl (C=O) groups excluding carboxylic acids is 2. The summed E-state index contributed by atoms with van der Waals surface area (Å²) in [5.74, 6) is -0.111. The number of halogens is 1. The third-order valence-corrected chi connectivity index (χ3v) is 6.37. The van der Waals surface area contributed by atoms with E-state index in [1.54, 1.807) is 6.92 Å². The Morgan fingerprint density at radius 2 is 1.71 bits per heavy atom. The van der Waals surface area contributed by atoms with Crippen molar-refractivity contribution in [2.45, 2.75) is 32.4 Å². The van der Waals surface area contributed by atoms with E-state index in [2.05, 4.69) is 23.6 Å². The molecule has 7 heteroatoms. The molecule has 34 heavy (non-hydrogen) atoms. The third kappa shape index (κ3) is 5.08. The second kappa shape index (κ2) is 10.3. The standard InChI is InChI=1S/C27H29ClN4O2/c1-17-15-25(31-23-10-8-22(28)9-11-23)24-16-21(7-12-26(24)32(17)18(2)33)19-3-5-20(6-4-19)27(34)30-14-13-29/h3-12,16-17,25,31H,13-15,29H2,1-2H3,(H,30,34). The number of nitrogens with two attached hydrogens (primary N) is 1. The van der Waals surface area contributed by atoms with Gasteiger partial charge >= 0.3 is 0 Å². The summed E-state index contributed by atoms with van der Waals surface area (Å²) in [5.41, 5.74) is 11.0. The van der Waals surface area contributed by atoms with Crippen molar-refractivity contribution in [2.75, 3.05) is 23.3 Å². The van der Waals surface area contributed by atoms with Crippen LogP contribution in [0, 0.1) is 0 Å². The van der Waals surface area contributed by atoms with E-state index in [4.69, 9.17) is 17.3 Å². The van der Waals surface area contributed by atoms with E-state index in [9.17, 15) is 9.59 Å². The predicted molar refractivity (Wildman–Crippen MR) is 138 cm³/mol. The molecule has 4 N–H and O–H groups in total. The Morgan fingerprint density at radius 3 is 2.35 bits per heavy atom. The molecule has 1 aliphatic rings. The van der Waals surface area contributed by atoms with Crippen LogP contribution in [0.3, 0.4) is 0 Å². The van der Waals surface area contributed by atoms with Gasteiger partial charge in [-0.05, 0) is 78.6 Å². The molecule has 0 aromatic heterocycles. The first-order valence-electron chi connectivity index (χ1n) is 11.4. The molecule has 176 valence electrons. The summed E-state index contributed by atoms with van der Waals surface area (Å²) in [4.78, 5) is 26.5. The molecule has 0 aliphatic carbocycles. The Hall–Kier alpha value is -3.35. The molecule has 2 amide bonds.